The van der Waals surface area contributed by atoms with Gasteiger partial charge in [0.25, 0.3) is 5.91 Å². The summed E-state index contributed by atoms with van der Waals surface area (Å²) in [5, 5.41) is 8.52. The predicted octanol–water partition coefficient (Wildman–Crippen LogP) is 5.57. The van der Waals surface area contributed by atoms with Gasteiger partial charge in [0.05, 0.1) is 23.4 Å². The van der Waals surface area contributed by atoms with Crippen LogP contribution in [0.5, 0.6) is 0 Å². The van der Waals surface area contributed by atoms with Gasteiger partial charge in [-0.1, -0.05) is 5.16 Å². The van der Waals surface area contributed by atoms with Gasteiger partial charge in [0.15, 0.2) is 5.76 Å². The van der Waals surface area contributed by atoms with Gasteiger partial charge in [-0.25, -0.2) is 0 Å². The minimum Gasteiger partial charge on any atom is -0.356 e. The molecule has 0 saturated heterocycles. The van der Waals surface area contributed by atoms with Crippen LogP contribution in [-0.4, -0.2) is 32.4 Å². The third-order valence-electron chi connectivity index (χ3n) is 6.03. The van der Waals surface area contributed by atoms with E-state index in [2.05, 4.69) is 15.2 Å². The lowest BCUT2D eigenvalue weighted by molar-refractivity contribution is -0.138. The number of carbonyl (C=O) groups excluding carboxylic acids is 1. The first kappa shape index (κ1) is 24.5. The largest absolute Gasteiger partial charge is 0.416 e. The Morgan fingerprint density at radius 1 is 1.06 bits per heavy atom. The minimum atomic E-state index is -4.45. The molecule has 3 aromatic heterocycles. The number of amides is 1. The van der Waals surface area contributed by atoms with Crippen LogP contribution in [0, 0.1) is 13.8 Å². The summed E-state index contributed by atoms with van der Waals surface area (Å²) in [4.78, 5) is 19.1. The van der Waals surface area contributed by atoms with Gasteiger partial charge in [-0.2, -0.15) is 31.8 Å². The molecule has 0 aliphatic carbocycles. The summed E-state index contributed by atoms with van der Waals surface area (Å²) < 4.78 is 46.7. The van der Waals surface area contributed by atoms with Crippen LogP contribution < -0.4 is 4.90 Å². The van der Waals surface area contributed by atoms with E-state index in [-0.39, 0.29) is 37.6 Å². The van der Waals surface area contributed by atoms with E-state index in [4.69, 9.17) is 4.52 Å². The van der Waals surface area contributed by atoms with E-state index < -0.39 is 11.7 Å². The Hall–Kier alpha value is -3.60. The van der Waals surface area contributed by atoms with Crippen molar-refractivity contribution in [3.8, 4) is 22.6 Å². The van der Waals surface area contributed by atoms with Crippen molar-refractivity contribution in [3.05, 3.63) is 71.3 Å². The number of carbonyl (C=O) groups is 1. The van der Waals surface area contributed by atoms with Crippen molar-refractivity contribution in [1.82, 2.24) is 19.9 Å². The van der Waals surface area contributed by atoms with Crippen molar-refractivity contribution in [2.24, 2.45) is 0 Å². The van der Waals surface area contributed by atoms with Gasteiger partial charge in [0.1, 0.15) is 11.4 Å². The summed E-state index contributed by atoms with van der Waals surface area (Å²) >= 11 is 0. The smallest absolute Gasteiger partial charge is 0.356 e. The van der Waals surface area contributed by atoms with Gasteiger partial charge in [0.2, 0.25) is 0 Å². The highest BCUT2D eigenvalue weighted by molar-refractivity contribution is 7.59. The summed E-state index contributed by atoms with van der Waals surface area (Å²) in [5.41, 5.74) is 2.70. The second-order valence-electron chi connectivity index (χ2n) is 8.38. The van der Waals surface area contributed by atoms with Crippen molar-refractivity contribution in [3.63, 3.8) is 0 Å². The number of rotatable bonds is 3. The van der Waals surface area contributed by atoms with Crippen LogP contribution >= 0.6 is 13.5 Å². The SMILES string of the molecule is Cc1ccncc1-c1cc(-c2cnn3c2C(=O)N(c2ccc(C(F)(F)F)c(C)c2)C[C@@H]3C)no1.S. The van der Waals surface area contributed by atoms with Gasteiger partial charge in [-0.05, 0) is 56.2 Å². The molecule has 0 fully saturated rings. The minimum absolute atomic E-state index is 0. The van der Waals surface area contributed by atoms with Crippen molar-refractivity contribution in [2.75, 3.05) is 11.4 Å². The molecule has 182 valence electrons. The van der Waals surface area contributed by atoms with Crippen LogP contribution in [0.25, 0.3) is 22.6 Å². The van der Waals surface area contributed by atoms with Crippen LogP contribution in [0.4, 0.5) is 18.9 Å². The lowest BCUT2D eigenvalue weighted by atomic mass is 10.0. The molecule has 35 heavy (non-hydrogen) atoms. The maximum atomic E-state index is 13.5. The van der Waals surface area contributed by atoms with E-state index in [1.807, 2.05) is 19.9 Å². The lowest BCUT2D eigenvalue weighted by Gasteiger charge is -2.32. The fourth-order valence-electron chi connectivity index (χ4n) is 4.26. The number of halogens is 3. The summed E-state index contributed by atoms with van der Waals surface area (Å²) in [5.74, 6) is 0.138. The van der Waals surface area contributed by atoms with Crippen LogP contribution in [0.15, 0.2) is 53.4 Å². The zero-order valence-electron chi connectivity index (χ0n) is 19.1. The number of alkyl halides is 3. The first-order chi connectivity index (χ1) is 16.1. The summed E-state index contributed by atoms with van der Waals surface area (Å²) in [6.45, 7) is 5.48. The van der Waals surface area contributed by atoms with E-state index in [0.717, 1.165) is 17.2 Å². The molecule has 1 aliphatic heterocycles. The Morgan fingerprint density at radius 3 is 2.51 bits per heavy atom. The topological polar surface area (TPSA) is 77.1 Å². The van der Waals surface area contributed by atoms with Gasteiger partial charge in [-0.3, -0.25) is 14.5 Å². The molecule has 4 heterocycles. The quantitative estimate of drug-likeness (QED) is 0.367. The first-order valence-electron chi connectivity index (χ1n) is 10.6. The molecule has 0 saturated carbocycles. The second kappa shape index (κ2) is 8.88. The summed E-state index contributed by atoms with van der Waals surface area (Å²) in [6, 6.07) is 7.10. The summed E-state index contributed by atoms with van der Waals surface area (Å²) in [7, 11) is 0. The van der Waals surface area contributed by atoms with E-state index in [1.165, 1.54) is 24.0 Å². The molecule has 1 aromatic carbocycles. The van der Waals surface area contributed by atoms with Gasteiger partial charge in [-0.15, -0.1) is 0 Å². The predicted molar refractivity (Wildman–Crippen MR) is 129 cm³/mol. The van der Waals surface area contributed by atoms with Crippen molar-refractivity contribution in [1.29, 1.82) is 0 Å². The van der Waals surface area contributed by atoms with Crippen LogP contribution in [0.1, 0.15) is 40.1 Å². The van der Waals surface area contributed by atoms with Gasteiger partial charge < -0.3 is 9.42 Å². The highest BCUT2D eigenvalue weighted by atomic mass is 32.1. The van der Waals surface area contributed by atoms with Gasteiger partial charge >= 0.3 is 6.18 Å². The Kier molecular flexibility index (Phi) is 6.22. The molecular weight excluding hydrogens is 479 g/mol. The molecule has 1 amide bonds. The average molecular weight is 502 g/mol. The highest BCUT2D eigenvalue weighted by Crippen LogP contribution is 2.37. The number of hydrogen-bond donors (Lipinski definition) is 0. The zero-order valence-corrected chi connectivity index (χ0v) is 20.1. The number of nitrogens with zero attached hydrogens (tertiary/aromatic N) is 5. The number of aryl methyl sites for hydroxylation is 2. The molecule has 5 rings (SSSR count). The molecule has 0 unspecified atom stereocenters. The Labute approximate surface area is 206 Å². The molecular formula is C24H22F3N5O2S. The fraction of sp³-hybridized carbons (Fsp3) is 0.250. The van der Waals surface area contributed by atoms with Crippen molar-refractivity contribution >= 4 is 25.1 Å². The molecule has 0 spiro atoms. The Balaban J connectivity index is 0.00000289. The average Bonchev–Trinajstić information content (AvgIpc) is 3.43. The van der Waals surface area contributed by atoms with E-state index in [1.54, 1.807) is 29.3 Å². The number of hydrogen-bond acceptors (Lipinski definition) is 5. The molecule has 0 N–H and O–H groups in total. The molecule has 1 aliphatic rings. The number of fused-ring (bicyclic) bond motifs is 1. The van der Waals surface area contributed by atoms with E-state index >= 15 is 0 Å². The zero-order chi connectivity index (χ0) is 24.2. The lowest BCUT2D eigenvalue weighted by Crippen LogP contribution is -2.42. The molecule has 0 bridgehead atoms. The monoisotopic (exact) mass is 501 g/mol. The highest BCUT2D eigenvalue weighted by Gasteiger charge is 2.36. The number of benzene rings is 1. The molecule has 4 aromatic rings. The van der Waals surface area contributed by atoms with Gasteiger partial charge in [0, 0.05) is 36.3 Å². The maximum Gasteiger partial charge on any atom is 0.416 e. The molecule has 11 heteroatoms. The molecule has 7 nitrogen and oxygen atoms in total. The van der Waals surface area contributed by atoms with E-state index in [0.29, 0.717) is 28.4 Å². The van der Waals surface area contributed by atoms with Crippen molar-refractivity contribution in [2.45, 2.75) is 33.0 Å². The standard InChI is InChI=1S/C24H20F3N5O2.H2S/c1-13-6-7-28-10-17(13)21-9-20(30-34-21)18-11-29-32-15(3)12-31(23(33)22(18)32)16-4-5-19(14(2)8-16)24(25,26)27;/h4-11,15H,12H2,1-3H3;1H2/t15-;/m0./s1. The Bertz CT molecular complexity index is 1410. The number of aromatic nitrogens is 4. The van der Waals surface area contributed by atoms with E-state index in [9.17, 15) is 18.0 Å². The Morgan fingerprint density at radius 2 is 1.83 bits per heavy atom. The van der Waals surface area contributed by atoms with Crippen molar-refractivity contribution < 1.29 is 22.5 Å². The van der Waals surface area contributed by atoms with Crippen LogP contribution in [0.3, 0.4) is 0 Å². The van der Waals surface area contributed by atoms with Crippen LogP contribution in [-0.2, 0) is 6.18 Å². The third kappa shape index (κ3) is 4.20. The number of pyridine rings is 1. The normalized spacial score (nSPS) is 15.7. The fourth-order valence-corrected chi connectivity index (χ4v) is 4.26. The molecule has 1 atom stereocenters. The molecule has 0 radical (unpaired) electrons. The maximum absolute atomic E-state index is 13.5. The first-order valence-corrected chi connectivity index (χ1v) is 10.6. The van der Waals surface area contributed by atoms with Crippen LogP contribution in [0.2, 0.25) is 0 Å². The second-order valence-corrected chi connectivity index (χ2v) is 8.38. The summed E-state index contributed by atoms with van der Waals surface area (Å²) in [6.07, 6.45) is 0.463. The third-order valence-corrected chi connectivity index (χ3v) is 6.03. The number of anilines is 1.